The van der Waals surface area contributed by atoms with Gasteiger partial charge in [0.15, 0.2) is 0 Å². The van der Waals surface area contributed by atoms with E-state index < -0.39 is 0 Å². The van der Waals surface area contributed by atoms with E-state index in [9.17, 15) is 9.59 Å². The number of carbonyl (C=O) groups excluding carboxylic acids is 2. The molecular formula is C23H33N5O3. The molecule has 0 radical (unpaired) electrons. The number of amides is 2. The standard InChI is InChI=1S/C23H33N5O3/c29-22-8-7-20(18-27(22)11-4-10-26-13-15-31-16-14-26)23(30)24-9-3-12-28-21-6-2-1-5-19(21)17-25-28/h1-2,5-6,17,20H,3-4,7-16,18H2,(H,24,30). The number of hydrogen-bond acceptors (Lipinski definition) is 5. The van der Waals surface area contributed by atoms with Gasteiger partial charge in [-0.1, -0.05) is 18.2 Å². The zero-order chi connectivity index (χ0) is 21.5. The molecule has 2 fully saturated rings. The highest BCUT2D eigenvalue weighted by atomic mass is 16.5. The molecule has 2 saturated heterocycles. The second kappa shape index (κ2) is 10.7. The predicted molar refractivity (Wildman–Crippen MR) is 119 cm³/mol. The Morgan fingerprint density at radius 2 is 1.97 bits per heavy atom. The summed E-state index contributed by atoms with van der Waals surface area (Å²) in [7, 11) is 0. The molecule has 1 atom stereocenters. The molecule has 0 saturated carbocycles. The van der Waals surface area contributed by atoms with E-state index in [0.717, 1.165) is 69.7 Å². The summed E-state index contributed by atoms with van der Waals surface area (Å²) in [5, 5.41) is 8.63. The smallest absolute Gasteiger partial charge is 0.224 e. The van der Waals surface area contributed by atoms with Crippen molar-refractivity contribution in [2.45, 2.75) is 32.2 Å². The van der Waals surface area contributed by atoms with Crippen LogP contribution < -0.4 is 5.32 Å². The first-order valence-electron chi connectivity index (χ1n) is 11.5. The lowest BCUT2D eigenvalue weighted by atomic mass is 9.96. The number of aryl methyl sites for hydroxylation is 1. The molecule has 0 spiro atoms. The third-order valence-electron chi connectivity index (χ3n) is 6.27. The predicted octanol–water partition coefficient (Wildman–Crippen LogP) is 1.50. The van der Waals surface area contributed by atoms with Gasteiger partial charge in [-0.25, -0.2) is 0 Å². The summed E-state index contributed by atoms with van der Waals surface area (Å²) in [4.78, 5) is 29.2. The van der Waals surface area contributed by atoms with Crippen molar-refractivity contribution in [2.75, 3.05) is 52.5 Å². The molecule has 31 heavy (non-hydrogen) atoms. The van der Waals surface area contributed by atoms with Crippen LogP contribution in [0.15, 0.2) is 30.5 Å². The number of hydrogen-bond donors (Lipinski definition) is 1. The van der Waals surface area contributed by atoms with Crippen LogP contribution in [-0.2, 0) is 20.9 Å². The molecule has 4 rings (SSSR count). The van der Waals surface area contributed by atoms with Gasteiger partial charge in [0.2, 0.25) is 11.8 Å². The van der Waals surface area contributed by atoms with Gasteiger partial charge in [-0.15, -0.1) is 0 Å². The number of benzene rings is 1. The number of nitrogens with zero attached hydrogens (tertiary/aromatic N) is 4. The first-order chi connectivity index (χ1) is 15.2. The highest BCUT2D eigenvalue weighted by Crippen LogP contribution is 2.18. The molecule has 0 bridgehead atoms. The maximum Gasteiger partial charge on any atom is 0.224 e. The normalized spacial score (nSPS) is 20.3. The van der Waals surface area contributed by atoms with Gasteiger partial charge in [0.25, 0.3) is 0 Å². The highest BCUT2D eigenvalue weighted by Gasteiger charge is 2.29. The number of piperidine rings is 1. The molecule has 2 aromatic rings. The fourth-order valence-corrected chi connectivity index (χ4v) is 4.44. The van der Waals surface area contributed by atoms with Gasteiger partial charge in [-0.2, -0.15) is 5.10 Å². The summed E-state index contributed by atoms with van der Waals surface area (Å²) in [6, 6.07) is 8.14. The number of likely N-dealkylation sites (tertiary alicyclic amines) is 1. The molecule has 1 aromatic carbocycles. The van der Waals surface area contributed by atoms with Gasteiger partial charge < -0.3 is 15.0 Å². The summed E-state index contributed by atoms with van der Waals surface area (Å²) in [5.74, 6) is 0.138. The Morgan fingerprint density at radius 3 is 2.84 bits per heavy atom. The molecule has 8 heteroatoms. The second-order valence-corrected chi connectivity index (χ2v) is 8.45. The summed E-state index contributed by atoms with van der Waals surface area (Å²) in [5.41, 5.74) is 1.12. The van der Waals surface area contributed by atoms with Crippen LogP contribution in [0.3, 0.4) is 0 Å². The number of rotatable bonds is 9. The maximum absolute atomic E-state index is 12.7. The average molecular weight is 428 g/mol. The van der Waals surface area contributed by atoms with E-state index in [1.807, 2.05) is 27.9 Å². The van der Waals surface area contributed by atoms with Crippen LogP contribution in [0.25, 0.3) is 10.9 Å². The van der Waals surface area contributed by atoms with Crippen molar-refractivity contribution in [2.24, 2.45) is 5.92 Å². The number of ether oxygens (including phenoxy) is 1. The van der Waals surface area contributed by atoms with Crippen LogP contribution >= 0.6 is 0 Å². The van der Waals surface area contributed by atoms with Gasteiger partial charge >= 0.3 is 0 Å². The molecule has 1 N–H and O–H groups in total. The fourth-order valence-electron chi connectivity index (χ4n) is 4.44. The van der Waals surface area contributed by atoms with Gasteiger partial charge in [0.05, 0.1) is 30.8 Å². The zero-order valence-electron chi connectivity index (χ0n) is 18.2. The number of morpholine rings is 1. The topological polar surface area (TPSA) is 79.7 Å². The van der Waals surface area contributed by atoms with Crippen LogP contribution in [0, 0.1) is 5.92 Å². The summed E-state index contributed by atoms with van der Waals surface area (Å²) < 4.78 is 7.36. The number of carbonyl (C=O) groups is 2. The first kappa shape index (κ1) is 21.8. The zero-order valence-corrected chi connectivity index (χ0v) is 18.2. The van der Waals surface area contributed by atoms with E-state index in [1.165, 1.54) is 0 Å². The average Bonchev–Trinajstić information content (AvgIpc) is 3.21. The quantitative estimate of drug-likeness (QED) is 0.614. The largest absolute Gasteiger partial charge is 0.379 e. The Kier molecular flexibility index (Phi) is 7.53. The monoisotopic (exact) mass is 427 g/mol. The van der Waals surface area contributed by atoms with Crippen molar-refractivity contribution in [1.29, 1.82) is 0 Å². The Hall–Kier alpha value is -2.45. The fraction of sp³-hybridized carbons (Fsp3) is 0.609. The van der Waals surface area contributed by atoms with E-state index in [1.54, 1.807) is 0 Å². The first-order valence-corrected chi connectivity index (χ1v) is 11.5. The minimum atomic E-state index is -0.105. The molecule has 168 valence electrons. The van der Waals surface area contributed by atoms with Gasteiger partial charge in [0, 0.05) is 57.6 Å². The van der Waals surface area contributed by atoms with Crippen molar-refractivity contribution in [1.82, 2.24) is 24.9 Å². The number of fused-ring (bicyclic) bond motifs is 1. The van der Waals surface area contributed by atoms with Crippen LogP contribution in [0.4, 0.5) is 0 Å². The van der Waals surface area contributed by atoms with Crippen LogP contribution in [-0.4, -0.2) is 83.9 Å². The second-order valence-electron chi connectivity index (χ2n) is 8.45. The Morgan fingerprint density at radius 1 is 1.13 bits per heavy atom. The number of nitrogens with one attached hydrogen (secondary N) is 1. The lowest BCUT2D eigenvalue weighted by Crippen LogP contribution is -2.47. The van der Waals surface area contributed by atoms with Crippen molar-refractivity contribution < 1.29 is 14.3 Å². The van der Waals surface area contributed by atoms with Crippen molar-refractivity contribution in [3.8, 4) is 0 Å². The Balaban J connectivity index is 1.17. The molecular weight excluding hydrogens is 394 g/mol. The molecule has 1 aromatic heterocycles. The molecule has 0 aliphatic carbocycles. The van der Waals surface area contributed by atoms with Crippen LogP contribution in [0.1, 0.15) is 25.7 Å². The molecule has 8 nitrogen and oxygen atoms in total. The molecule has 2 aliphatic heterocycles. The third kappa shape index (κ3) is 5.83. The molecule has 2 amide bonds. The van der Waals surface area contributed by atoms with Gasteiger partial charge in [0.1, 0.15) is 0 Å². The number of para-hydroxylation sites is 1. The van der Waals surface area contributed by atoms with Crippen molar-refractivity contribution in [3.05, 3.63) is 30.5 Å². The Bertz CT molecular complexity index is 877. The summed E-state index contributed by atoms with van der Waals surface area (Å²) >= 11 is 0. The van der Waals surface area contributed by atoms with E-state index in [0.29, 0.717) is 25.9 Å². The molecule has 2 aliphatic rings. The number of aromatic nitrogens is 2. The van der Waals surface area contributed by atoms with E-state index in [4.69, 9.17) is 4.74 Å². The Labute approximate surface area is 183 Å². The van der Waals surface area contributed by atoms with Crippen LogP contribution in [0.2, 0.25) is 0 Å². The van der Waals surface area contributed by atoms with E-state index >= 15 is 0 Å². The maximum atomic E-state index is 12.7. The minimum absolute atomic E-state index is 0.0657. The summed E-state index contributed by atoms with van der Waals surface area (Å²) in [6.45, 7) is 7.15. The van der Waals surface area contributed by atoms with Gasteiger partial charge in [-0.05, 0) is 25.3 Å². The van der Waals surface area contributed by atoms with E-state index in [-0.39, 0.29) is 17.7 Å². The lowest BCUT2D eigenvalue weighted by Gasteiger charge is -2.33. The highest BCUT2D eigenvalue weighted by molar-refractivity contribution is 5.83. The van der Waals surface area contributed by atoms with Crippen LogP contribution in [0.5, 0.6) is 0 Å². The van der Waals surface area contributed by atoms with Crippen molar-refractivity contribution in [3.63, 3.8) is 0 Å². The van der Waals surface area contributed by atoms with Gasteiger partial charge in [-0.3, -0.25) is 19.2 Å². The lowest BCUT2D eigenvalue weighted by molar-refractivity contribution is -0.138. The molecule has 1 unspecified atom stereocenters. The summed E-state index contributed by atoms with van der Waals surface area (Å²) in [6.07, 6.45) is 4.76. The van der Waals surface area contributed by atoms with E-state index in [2.05, 4.69) is 27.4 Å². The van der Waals surface area contributed by atoms with Crippen molar-refractivity contribution >= 4 is 22.7 Å². The SMILES string of the molecule is O=C(NCCCn1ncc2ccccc21)C1CCC(=O)N(CCCN2CCOCC2)C1. The molecule has 3 heterocycles. The minimum Gasteiger partial charge on any atom is -0.379 e. The third-order valence-corrected chi connectivity index (χ3v) is 6.27.